The largest absolute Gasteiger partial charge is 0.458 e. The summed E-state index contributed by atoms with van der Waals surface area (Å²) in [4.78, 5) is 55.7. The first kappa shape index (κ1) is 28.2. The third-order valence-electron chi connectivity index (χ3n) is 6.06. The van der Waals surface area contributed by atoms with Crippen molar-refractivity contribution in [2.45, 2.75) is 26.4 Å². The Morgan fingerprint density at radius 3 is 2.00 bits per heavy atom. The van der Waals surface area contributed by atoms with Crippen LogP contribution in [0.3, 0.4) is 0 Å². The lowest BCUT2D eigenvalue weighted by Gasteiger charge is -2.21. The molecule has 0 saturated carbocycles. The highest BCUT2D eigenvalue weighted by atomic mass is 19.1. The normalized spacial score (nSPS) is 12.6. The van der Waals surface area contributed by atoms with E-state index in [1.165, 1.54) is 37.1 Å². The number of nitrogens with zero attached hydrogens (tertiary/aromatic N) is 1. The second-order valence-corrected chi connectivity index (χ2v) is 9.16. The molecule has 3 aromatic carbocycles. The Bertz CT molecular complexity index is 1480. The molecule has 2 N–H and O–H groups in total. The quantitative estimate of drug-likeness (QED) is 0.0903. The minimum Gasteiger partial charge on any atom is -0.458 e. The summed E-state index contributed by atoms with van der Waals surface area (Å²) in [7, 11) is 1.57. The Kier molecular flexibility index (Phi) is 8.70. The zero-order valence-corrected chi connectivity index (χ0v) is 22.2. The van der Waals surface area contributed by atoms with Gasteiger partial charge in [-0.3, -0.25) is 19.2 Å². The van der Waals surface area contributed by atoms with Crippen molar-refractivity contribution in [2.75, 3.05) is 24.2 Å². The second-order valence-electron chi connectivity index (χ2n) is 9.16. The van der Waals surface area contributed by atoms with Crippen LogP contribution in [0.5, 0.6) is 0 Å². The SMILES string of the molecule is CC(=O)OC(CCN(C)OC(C)=O)c1cccc(C(=O)C(C(=O)c2cccc(F)c2)=C2Nc3ccccc3N2)c1. The van der Waals surface area contributed by atoms with Crippen LogP contribution in [0.2, 0.25) is 0 Å². The molecule has 1 heterocycles. The number of anilines is 2. The van der Waals surface area contributed by atoms with Gasteiger partial charge in [-0.15, -0.1) is 5.06 Å². The molecule has 0 bridgehead atoms. The fraction of sp³-hybridized carbons (Fsp3) is 0.200. The van der Waals surface area contributed by atoms with E-state index in [1.54, 1.807) is 43.4 Å². The zero-order chi connectivity index (χ0) is 28.8. The number of para-hydroxylation sites is 2. The molecular formula is C30H28FN3O6. The van der Waals surface area contributed by atoms with Gasteiger partial charge in [0.1, 0.15) is 23.3 Å². The third kappa shape index (κ3) is 6.78. The molecule has 0 radical (unpaired) electrons. The van der Waals surface area contributed by atoms with Gasteiger partial charge in [-0.05, 0) is 35.9 Å². The Morgan fingerprint density at radius 1 is 0.825 bits per heavy atom. The van der Waals surface area contributed by atoms with Crippen LogP contribution in [0, 0.1) is 5.82 Å². The summed E-state index contributed by atoms with van der Waals surface area (Å²) >= 11 is 0. The van der Waals surface area contributed by atoms with Crippen molar-refractivity contribution < 1.29 is 33.1 Å². The van der Waals surface area contributed by atoms with Crippen molar-refractivity contribution in [3.8, 4) is 0 Å². The van der Waals surface area contributed by atoms with Gasteiger partial charge in [0.25, 0.3) is 0 Å². The number of nitrogens with one attached hydrogen (secondary N) is 2. The molecule has 10 heteroatoms. The van der Waals surface area contributed by atoms with Gasteiger partial charge >= 0.3 is 11.9 Å². The van der Waals surface area contributed by atoms with Crippen LogP contribution in [0.25, 0.3) is 0 Å². The molecule has 0 fully saturated rings. The van der Waals surface area contributed by atoms with Crippen molar-refractivity contribution in [3.63, 3.8) is 0 Å². The maximum Gasteiger partial charge on any atom is 0.322 e. The summed E-state index contributed by atoms with van der Waals surface area (Å²) in [6.07, 6.45) is -0.499. The number of benzene rings is 3. The predicted octanol–water partition coefficient (Wildman–Crippen LogP) is 5.04. The Balaban J connectivity index is 1.70. The lowest BCUT2D eigenvalue weighted by atomic mass is 9.93. The van der Waals surface area contributed by atoms with Crippen LogP contribution in [0.1, 0.15) is 52.7 Å². The highest BCUT2D eigenvalue weighted by Crippen LogP contribution is 2.33. The van der Waals surface area contributed by atoms with Crippen molar-refractivity contribution in [1.29, 1.82) is 0 Å². The summed E-state index contributed by atoms with van der Waals surface area (Å²) in [5.74, 6) is -2.74. The average Bonchev–Trinajstić information content (AvgIpc) is 3.34. The average molecular weight is 546 g/mol. The minimum atomic E-state index is -0.759. The van der Waals surface area contributed by atoms with E-state index < -0.39 is 35.4 Å². The Hall–Kier alpha value is -4.83. The number of hydrogen-bond donors (Lipinski definition) is 2. The first-order valence-electron chi connectivity index (χ1n) is 12.5. The van der Waals surface area contributed by atoms with Crippen LogP contribution >= 0.6 is 0 Å². The number of carbonyl (C=O) groups excluding carboxylic acids is 4. The number of allylic oxidation sites excluding steroid dienone is 1. The molecule has 0 spiro atoms. The minimum absolute atomic E-state index is 0.0119. The number of ether oxygens (including phenoxy) is 1. The molecule has 206 valence electrons. The molecule has 1 unspecified atom stereocenters. The highest BCUT2D eigenvalue weighted by molar-refractivity contribution is 6.32. The third-order valence-corrected chi connectivity index (χ3v) is 6.06. The van der Waals surface area contributed by atoms with Gasteiger partial charge in [-0.25, -0.2) is 4.39 Å². The molecule has 0 saturated heterocycles. The lowest BCUT2D eigenvalue weighted by molar-refractivity contribution is -0.183. The Morgan fingerprint density at radius 2 is 1.43 bits per heavy atom. The summed E-state index contributed by atoms with van der Waals surface area (Å²) in [5, 5.41) is 7.48. The van der Waals surface area contributed by atoms with E-state index in [9.17, 15) is 23.6 Å². The first-order chi connectivity index (χ1) is 19.1. The highest BCUT2D eigenvalue weighted by Gasteiger charge is 2.30. The van der Waals surface area contributed by atoms with Crippen LogP contribution in [-0.4, -0.2) is 42.2 Å². The van der Waals surface area contributed by atoms with Gasteiger partial charge in [-0.1, -0.05) is 42.5 Å². The number of hydroxylamine groups is 2. The van der Waals surface area contributed by atoms with E-state index in [1.807, 2.05) is 12.1 Å². The van der Waals surface area contributed by atoms with Crippen molar-refractivity contribution in [1.82, 2.24) is 5.06 Å². The first-order valence-corrected chi connectivity index (χ1v) is 12.5. The summed E-state index contributed by atoms with van der Waals surface area (Å²) in [6, 6.07) is 18.7. The smallest absolute Gasteiger partial charge is 0.322 e. The topological polar surface area (TPSA) is 114 Å². The number of Topliss-reactive ketones (excluding diaryl/α,β-unsaturated/α-hetero) is 2. The molecule has 0 aliphatic carbocycles. The van der Waals surface area contributed by atoms with E-state index in [-0.39, 0.29) is 35.5 Å². The van der Waals surface area contributed by atoms with Gasteiger partial charge in [0.15, 0.2) is 0 Å². The van der Waals surface area contributed by atoms with Crippen LogP contribution in [-0.2, 0) is 19.2 Å². The number of rotatable bonds is 10. The molecule has 40 heavy (non-hydrogen) atoms. The van der Waals surface area contributed by atoms with Gasteiger partial charge < -0.3 is 20.2 Å². The van der Waals surface area contributed by atoms with E-state index >= 15 is 0 Å². The van der Waals surface area contributed by atoms with E-state index in [4.69, 9.17) is 9.57 Å². The maximum atomic E-state index is 14.0. The number of halogens is 1. The van der Waals surface area contributed by atoms with Crippen molar-refractivity contribution in [3.05, 3.63) is 107 Å². The van der Waals surface area contributed by atoms with Crippen molar-refractivity contribution >= 4 is 34.9 Å². The molecule has 3 aromatic rings. The van der Waals surface area contributed by atoms with Crippen LogP contribution < -0.4 is 10.6 Å². The van der Waals surface area contributed by atoms with Crippen molar-refractivity contribution in [2.24, 2.45) is 0 Å². The van der Waals surface area contributed by atoms with Crippen LogP contribution in [0.15, 0.2) is 84.2 Å². The number of esters is 1. The van der Waals surface area contributed by atoms with Gasteiger partial charge in [0.2, 0.25) is 11.6 Å². The number of carbonyl (C=O) groups is 4. The van der Waals surface area contributed by atoms with Crippen LogP contribution in [0.4, 0.5) is 15.8 Å². The second kappa shape index (κ2) is 12.4. The summed E-state index contributed by atoms with van der Waals surface area (Å²) < 4.78 is 19.5. The number of fused-ring (bicyclic) bond motifs is 1. The zero-order valence-electron chi connectivity index (χ0n) is 22.2. The predicted molar refractivity (Wildman–Crippen MR) is 146 cm³/mol. The molecule has 1 aliphatic rings. The molecular weight excluding hydrogens is 517 g/mol. The van der Waals surface area contributed by atoms with E-state index in [0.717, 1.165) is 6.07 Å². The van der Waals surface area contributed by atoms with Gasteiger partial charge in [-0.2, -0.15) is 0 Å². The molecule has 1 atom stereocenters. The molecule has 4 rings (SSSR count). The fourth-order valence-electron chi connectivity index (χ4n) is 4.31. The number of hydrogen-bond acceptors (Lipinski definition) is 9. The fourth-order valence-corrected chi connectivity index (χ4v) is 4.31. The summed E-state index contributed by atoms with van der Waals surface area (Å²) in [6.45, 7) is 2.79. The standard InChI is InChI=1S/C30H28FN3O6/c1-18(35)39-26(14-15-34(3)40-19(2)36)20-8-6-9-21(16-20)28(37)27(29(38)22-10-7-11-23(31)17-22)30-32-24-12-4-5-13-25(24)33-30/h4-13,16-17,26,32-33H,14-15H2,1-3H3. The van der Waals surface area contributed by atoms with Gasteiger partial charge in [0, 0.05) is 45.0 Å². The number of ketones is 2. The molecule has 0 aromatic heterocycles. The van der Waals surface area contributed by atoms with E-state index in [2.05, 4.69) is 10.6 Å². The molecule has 9 nitrogen and oxygen atoms in total. The van der Waals surface area contributed by atoms with E-state index in [0.29, 0.717) is 16.9 Å². The molecule has 1 aliphatic heterocycles. The molecule has 0 amide bonds. The maximum absolute atomic E-state index is 14.0. The van der Waals surface area contributed by atoms with Gasteiger partial charge in [0.05, 0.1) is 11.4 Å². The monoisotopic (exact) mass is 545 g/mol. The Labute approximate surface area is 230 Å². The summed E-state index contributed by atoms with van der Waals surface area (Å²) in [5.41, 5.74) is 1.83. The lowest BCUT2D eigenvalue weighted by Crippen LogP contribution is -2.25.